The largest absolute Gasteiger partial charge is 0.481 e. The minimum absolute atomic E-state index is 0.0186. The number of likely N-dealkylation sites (tertiary alicyclic amines) is 1. The molecule has 28 heavy (non-hydrogen) atoms. The second-order valence-corrected chi connectivity index (χ2v) is 8.52. The maximum Gasteiger partial charge on any atom is 0.261 e. The summed E-state index contributed by atoms with van der Waals surface area (Å²) in [6.45, 7) is 4.82. The minimum Gasteiger partial charge on any atom is -0.481 e. The van der Waals surface area contributed by atoms with Crippen molar-refractivity contribution in [3.8, 4) is 5.75 Å². The molecular weight excluding hydrogens is 359 g/mol. The van der Waals surface area contributed by atoms with E-state index in [0.29, 0.717) is 11.8 Å². The van der Waals surface area contributed by atoms with E-state index in [0.717, 1.165) is 51.8 Å². The number of hydrogen-bond donors (Lipinski definition) is 1. The highest BCUT2D eigenvalue weighted by atomic mass is 19.1. The summed E-state index contributed by atoms with van der Waals surface area (Å²) in [7, 11) is 0. The van der Waals surface area contributed by atoms with Crippen LogP contribution in [0, 0.1) is 5.82 Å². The van der Waals surface area contributed by atoms with E-state index in [1.54, 1.807) is 19.1 Å². The number of hydrogen-bond acceptors (Lipinski definition) is 4. The van der Waals surface area contributed by atoms with Gasteiger partial charge in [-0.2, -0.15) is 0 Å². The first-order valence-corrected chi connectivity index (χ1v) is 10.7. The van der Waals surface area contributed by atoms with Crippen molar-refractivity contribution in [2.45, 2.75) is 75.7 Å². The zero-order valence-corrected chi connectivity index (χ0v) is 16.7. The molecule has 154 valence electrons. The lowest BCUT2D eigenvalue weighted by molar-refractivity contribution is -0.130. The highest BCUT2D eigenvalue weighted by molar-refractivity contribution is 5.81. The molecule has 2 saturated heterocycles. The van der Waals surface area contributed by atoms with Crippen LogP contribution < -0.4 is 10.1 Å². The molecule has 4 atom stereocenters. The molecule has 5 nitrogen and oxygen atoms in total. The number of carbonyl (C=O) groups excluding carboxylic acids is 1. The molecule has 1 amide bonds. The minimum atomic E-state index is -0.622. The fraction of sp³-hybridized carbons (Fsp3) is 0.682. The Labute approximate surface area is 166 Å². The smallest absolute Gasteiger partial charge is 0.261 e. The monoisotopic (exact) mass is 390 g/mol. The fourth-order valence-electron chi connectivity index (χ4n) is 5.05. The maximum atomic E-state index is 13.1. The predicted octanol–water partition coefficient (Wildman–Crippen LogP) is 3.28. The molecule has 1 spiro atoms. The average Bonchev–Trinajstić information content (AvgIpc) is 3.37. The second kappa shape index (κ2) is 8.37. The maximum absolute atomic E-state index is 13.1. The second-order valence-electron chi connectivity index (χ2n) is 8.52. The first-order chi connectivity index (χ1) is 13.5. The summed E-state index contributed by atoms with van der Waals surface area (Å²) < 4.78 is 24.9. The van der Waals surface area contributed by atoms with Gasteiger partial charge in [-0.05, 0) is 89.2 Å². The first-order valence-electron chi connectivity index (χ1n) is 10.7. The van der Waals surface area contributed by atoms with Gasteiger partial charge >= 0.3 is 0 Å². The van der Waals surface area contributed by atoms with Crippen LogP contribution in [-0.4, -0.2) is 54.3 Å². The van der Waals surface area contributed by atoms with Crippen LogP contribution in [0.5, 0.6) is 5.75 Å². The summed E-state index contributed by atoms with van der Waals surface area (Å²) in [5.41, 5.74) is 0.0186. The van der Waals surface area contributed by atoms with Crippen molar-refractivity contribution in [1.82, 2.24) is 10.2 Å². The van der Waals surface area contributed by atoms with E-state index in [-0.39, 0.29) is 23.4 Å². The first kappa shape index (κ1) is 19.6. The van der Waals surface area contributed by atoms with Gasteiger partial charge in [0, 0.05) is 18.7 Å². The topological polar surface area (TPSA) is 50.8 Å². The Hall–Kier alpha value is -1.66. The van der Waals surface area contributed by atoms with Gasteiger partial charge in [-0.25, -0.2) is 4.39 Å². The summed E-state index contributed by atoms with van der Waals surface area (Å²) >= 11 is 0. The molecular formula is C22H31FN2O3. The molecule has 3 aliphatic rings. The molecule has 1 aromatic rings. The highest BCUT2D eigenvalue weighted by Crippen LogP contribution is 2.41. The third kappa shape index (κ3) is 4.33. The molecule has 0 aromatic heterocycles. The summed E-state index contributed by atoms with van der Waals surface area (Å²) in [6.07, 6.45) is 7.08. The highest BCUT2D eigenvalue weighted by Gasteiger charge is 2.46. The van der Waals surface area contributed by atoms with E-state index >= 15 is 0 Å². The molecule has 2 aliphatic heterocycles. The Balaban J connectivity index is 1.39. The van der Waals surface area contributed by atoms with Gasteiger partial charge in [-0.3, -0.25) is 9.69 Å². The Bertz CT molecular complexity index is 669. The Morgan fingerprint density at radius 2 is 2.00 bits per heavy atom. The van der Waals surface area contributed by atoms with E-state index < -0.39 is 6.10 Å². The van der Waals surface area contributed by atoms with Crippen molar-refractivity contribution in [1.29, 1.82) is 0 Å². The number of ether oxygens (including phenoxy) is 2. The van der Waals surface area contributed by atoms with Crippen molar-refractivity contribution in [2.24, 2.45) is 0 Å². The summed E-state index contributed by atoms with van der Waals surface area (Å²) in [5, 5.41) is 3.25. The van der Waals surface area contributed by atoms with Gasteiger partial charge in [0.15, 0.2) is 6.10 Å². The summed E-state index contributed by atoms with van der Waals surface area (Å²) in [5.74, 6) is 0.0760. The predicted molar refractivity (Wildman–Crippen MR) is 105 cm³/mol. The van der Waals surface area contributed by atoms with E-state index in [4.69, 9.17) is 9.47 Å². The SMILES string of the molecule is CC(Oc1ccc(F)cc1)C(=O)NC1CCC2(CCCO2)CC1N1CCCC1. The molecule has 4 rings (SSSR count). The number of nitrogens with one attached hydrogen (secondary N) is 1. The van der Waals surface area contributed by atoms with E-state index in [9.17, 15) is 9.18 Å². The normalized spacial score (nSPS) is 31.8. The summed E-state index contributed by atoms with van der Waals surface area (Å²) in [6, 6.07) is 6.23. The molecule has 0 radical (unpaired) electrons. The van der Waals surface area contributed by atoms with Gasteiger partial charge in [0.1, 0.15) is 11.6 Å². The molecule has 0 bridgehead atoms. The number of nitrogens with zero attached hydrogens (tertiary/aromatic N) is 1. The lowest BCUT2D eigenvalue weighted by Gasteiger charge is -2.46. The van der Waals surface area contributed by atoms with Crippen molar-refractivity contribution in [3.05, 3.63) is 30.1 Å². The van der Waals surface area contributed by atoms with Crippen molar-refractivity contribution >= 4 is 5.91 Å². The van der Waals surface area contributed by atoms with Crippen LogP contribution in [0.3, 0.4) is 0 Å². The third-order valence-electron chi connectivity index (χ3n) is 6.57. The number of benzene rings is 1. The number of carbonyl (C=O) groups is 1. The van der Waals surface area contributed by atoms with Gasteiger partial charge in [0.2, 0.25) is 0 Å². The van der Waals surface area contributed by atoms with Crippen LogP contribution in [0.2, 0.25) is 0 Å². The fourth-order valence-corrected chi connectivity index (χ4v) is 5.05. The lowest BCUT2D eigenvalue weighted by atomic mass is 9.76. The van der Waals surface area contributed by atoms with E-state index in [2.05, 4.69) is 10.2 Å². The average molecular weight is 390 g/mol. The number of rotatable bonds is 5. The molecule has 1 saturated carbocycles. The Morgan fingerprint density at radius 1 is 1.25 bits per heavy atom. The zero-order valence-electron chi connectivity index (χ0n) is 16.7. The van der Waals surface area contributed by atoms with Gasteiger partial charge < -0.3 is 14.8 Å². The van der Waals surface area contributed by atoms with Crippen molar-refractivity contribution in [2.75, 3.05) is 19.7 Å². The van der Waals surface area contributed by atoms with Crippen LogP contribution in [0.25, 0.3) is 0 Å². The van der Waals surface area contributed by atoms with Gasteiger partial charge in [-0.15, -0.1) is 0 Å². The van der Waals surface area contributed by atoms with Crippen LogP contribution in [0.1, 0.15) is 51.9 Å². The third-order valence-corrected chi connectivity index (χ3v) is 6.57. The Kier molecular flexibility index (Phi) is 5.88. The lowest BCUT2D eigenvalue weighted by Crippen LogP contribution is -2.59. The van der Waals surface area contributed by atoms with Crippen LogP contribution >= 0.6 is 0 Å². The standard InChI is InChI=1S/C22H31FN2O3/c1-16(28-18-7-5-17(23)6-8-18)21(26)24-19-9-11-22(10-4-14-27-22)15-20(19)25-12-2-3-13-25/h5-8,16,19-20H,2-4,9-15H2,1H3,(H,24,26). The molecule has 1 aliphatic carbocycles. The quantitative estimate of drug-likeness (QED) is 0.838. The van der Waals surface area contributed by atoms with E-state index in [1.165, 1.54) is 25.0 Å². The van der Waals surface area contributed by atoms with Gasteiger partial charge in [0.05, 0.1) is 5.60 Å². The summed E-state index contributed by atoms with van der Waals surface area (Å²) in [4.78, 5) is 15.3. The van der Waals surface area contributed by atoms with Gasteiger partial charge in [0.25, 0.3) is 5.91 Å². The van der Waals surface area contributed by atoms with Crippen molar-refractivity contribution < 1.29 is 18.7 Å². The molecule has 3 fully saturated rings. The molecule has 1 N–H and O–H groups in total. The van der Waals surface area contributed by atoms with Crippen LogP contribution in [-0.2, 0) is 9.53 Å². The molecule has 4 unspecified atom stereocenters. The van der Waals surface area contributed by atoms with Crippen LogP contribution in [0.15, 0.2) is 24.3 Å². The van der Waals surface area contributed by atoms with E-state index in [1.807, 2.05) is 0 Å². The van der Waals surface area contributed by atoms with Crippen LogP contribution in [0.4, 0.5) is 4.39 Å². The van der Waals surface area contributed by atoms with Gasteiger partial charge in [-0.1, -0.05) is 0 Å². The Morgan fingerprint density at radius 3 is 2.68 bits per heavy atom. The number of halogens is 1. The molecule has 2 heterocycles. The number of amides is 1. The molecule has 1 aromatic carbocycles. The molecule has 6 heteroatoms. The van der Waals surface area contributed by atoms with Crippen molar-refractivity contribution in [3.63, 3.8) is 0 Å². The zero-order chi connectivity index (χ0) is 19.6.